The molecule has 0 radical (unpaired) electrons. The summed E-state index contributed by atoms with van der Waals surface area (Å²) in [5.41, 5.74) is 1.43. The second-order valence-corrected chi connectivity index (χ2v) is 6.73. The quantitative estimate of drug-likeness (QED) is 0.583. The Balaban J connectivity index is 1.35. The minimum absolute atomic E-state index is 0.340. The highest BCUT2D eigenvalue weighted by molar-refractivity contribution is 5.89. The van der Waals surface area contributed by atoms with Gasteiger partial charge in [-0.05, 0) is 41.6 Å². The molecule has 1 aromatic carbocycles. The van der Waals surface area contributed by atoms with Gasteiger partial charge in [-0.3, -0.25) is 4.90 Å². The van der Waals surface area contributed by atoms with E-state index in [9.17, 15) is 4.79 Å². The van der Waals surface area contributed by atoms with Crippen molar-refractivity contribution in [1.29, 1.82) is 0 Å². The van der Waals surface area contributed by atoms with E-state index in [0.29, 0.717) is 18.7 Å². The van der Waals surface area contributed by atoms with Gasteiger partial charge in [0.2, 0.25) is 0 Å². The van der Waals surface area contributed by atoms with Gasteiger partial charge in [-0.1, -0.05) is 18.2 Å². The van der Waals surface area contributed by atoms with Crippen molar-refractivity contribution in [2.75, 3.05) is 37.7 Å². The Labute approximate surface area is 168 Å². The molecule has 0 bridgehead atoms. The first kappa shape index (κ1) is 19.0. The SMILES string of the molecule is CCOC(=O)c1ccc(N2CCN(Cc3nnnn3-c3ccccc3)CC2)nc1. The number of anilines is 1. The van der Waals surface area contributed by atoms with Crippen LogP contribution in [-0.2, 0) is 11.3 Å². The molecular formula is C20H23N7O2. The van der Waals surface area contributed by atoms with E-state index in [1.54, 1.807) is 23.9 Å². The third kappa shape index (κ3) is 4.40. The molecule has 3 aromatic rings. The van der Waals surface area contributed by atoms with Crippen molar-refractivity contribution in [2.45, 2.75) is 13.5 Å². The maximum atomic E-state index is 11.8. The first-order valence-corrected chi connectivity index (χ1v) is 9.67. The monoisotopic (exact) mass is 393 g/mol. The highest BCUT2D eigenvalue weighted by Gasteiger charge is 2.21. The molecule has 1 aliphatic heterocycles. The fraction of sp³-hybridized carbons (Fsp3) is 0.350. The Morgan fingerprint density at radius 2 is 1.86 bits per heavy atom. The molecule has 150 valence electrons. The van der Waals surface area contributed by atoms with Crippen LogP contribution in [0.1, 0.15) is 23.1 Å². The van der Waals surface area contributed by atoms with E-state index in [-0.39, 0.29) is 5.97 Å². The largest absolute Gasteiger partial charge is 0.462 e. The maximum Gasteiger partial charge on any atom is 0.339 e. The fourth-order valence-corrected chi connectivity index (χ4v) is 3.32. The molecule has 0 unspecified atom stereocenters. The lowest BCUT2D eigenvalue weighted by Crippen LogP contribution is -2.46. The molecule has 1 aliphatic rings. The Morgan fingerprint density at radius 3 is 2.55 bits per heavy atom. The number of hydrogen-bond acceptors (Lipinski definition) is 8. The number of tetrazole rings is 1. The van der Waals surface area contributed by atoms with Gasteiger partial charge >= 0.3 is 5.97 Å². The molecular weight excluding hydrogens is 370 g/mol. The smallest absolute Gasteiger partial charge is 0.339 e. The van der Waals surface area contributed by atoms with Crippen LogP contribution in [0.2, 0.25) is 0 Å². The number of pyridine rings is 1. The predicted octanol–water partition coefficient (Wildman–Crippen LogP) is 1.56. The molecule has 29 heavy (non-hydrogen) atoms. The number of nitrogens with zero attached hydrogens (tertiary/aromatic N) is 7. The van der Waals surface area contributed by atoms with Gasteiger partial charge in [-0.15, -0.1) is 5.10 Å². The van der Waals surface area contributed by atoms with E-state index in [4.69, 9.17) is 4.74 Å². The third-order valence-electron chi connectivity index (χ3n) is 4.86. The predicted molar refractivity (Wildman–Crippen MR) is 107 cm³/mol. The summed E-state index contributed by atoms with van der Waals surface area (Å²) >= 11 is 0. The van der Waals surface area contributed by atoms with Crippen LogP contribution < -0.4 is 4.90 Å². The summed E-state index contributed by atoms with van der Waals surface area (Å²) in [7, 11) is 0. The van der Waals surface area contributed by atoms with Crippen LogP contribution in [-0.4, -0.2) is 68.8 Å². The zero-order valence-corrected chi connectivity index (χ0v) is 16.3. The van der Waals surface area contributed by atoms with Crippen molar-refractivity contribution in [3.8, 4) is 5.69 Å². The fourth-order valence-electron chi connectivity index (χ4n) is 3.32. The van der Waals surface area contributed by atoms with E-state index in [1.807, 2.05) is 36.4 Å². The number of aromatic nitrogens is 5. The van der Waals surface area contributed by atoms with Crippen LogP contribution in [0.25, 0.3) is 5.69 Å². The molecule has 9 nitrogen and oxygen atoms in total. The maximum absolute atomic E-state index is 11.8. The van der Waals surface area contributed by atoms with E-state index in [2.05, 4.69) is 30.3 Å². The summed E-state index contributed by atoms with van der Waals surface area (Å²) in [4.78, 5) is 20.7. The minimum Gasteiger partial charge on any atom is -0.462 e. The molecule has 0 atom stereocenters. The van der Waals surface area contributed by atoms with Crippen molar-refractivity contribution in [3.63, 3.8) is 0 Å². The number of esters is 1. The highest BCUT2D eigenvalue weighted by atomic mass is 16.5. The molecule has 9 heteroatoms. The summed E-state index contributed by atoms with van der Waals surface area (Å²) in [5, 5.41) is 12.2. The van der Waals surface area contributed by atoms with Crippen LogP contribution >= 0.6 is 0 Å². The summed E-state index contributed by atoms with van der Waals surface area (Å²) in [6.45, 7) is 6.28. The van der Waals surface area contributed by atoms with Crippen molar-refractivity contribution in [1.82, 2.24) is 30.1 Å². The first-order valence-electron chi connectivity index (χ1n) is 9.67. The molecule has 0 aliphatic carbocycles. The lowest BCUT2D eigenvalue weighted by Gasteiger charge is -2.35. The number of carbonyl (C=O) groups excluding carboxylic acids is 1. The van der Waals surface area contributed by atoms with Crippen LogP contribution in [0.4, 0.5) is 5.82 Å². The van der Waals surface area contributed by atoms with Crippen LogP contribution in [0.15, 0.2) is 48.7 Å². The van der Waals surface area contributed by atoms with E-state index in [0.717, 1.165) is 43.5 Å². The Morgan fingerprint density at radius 1 is 1.07 bits per heavy atom. The molecule has 3 heterocycles. The van der Waals surface area contributed by atoms with Gasteiger partial charge in [0.25, 0.3) is 0 Å². The zero-order chi connectivity index (χ0) is 20.1. The van der Waals surface area contributed by atoms with Gasteiger partial charge in [0.05, 0.1) is 24.4 Å². The molecule has 2 aromatic heterocycles. The van der Waals surface area contributed by atoms with E-state index < -0.39 is 0 Å². The van der Waals surface area contributed by atoms with Crippen molar-refractivity contribution >= 4 is 11.8 Å². The van der Waals surface area contributed by atoms with Gasteiger partial charge in [-0.25, -0.2) is 9.78 Å². The van der Waals surface area contributed by atoms with E-state index in [1.165, 1.54) is 0 Å². The Hall–Kier alpha value is -3.33. The van der Waals surface area contributed by atoms with Gasteiger partial charge in [0.1, 0.15) is 5.82 Å². The number of benzene rings is 1. The van der Waals surface area contributed by atoms with Crippen LogP contribution in [0.5, 0.6) is 0 Å². The van der Waals surface area contributed by atoms with E-state index >= 15 is 0 Å². The lowest BCUT2D eigenvalue weighted by molar-refractivity contribution is 0.0526. The number of carbonyl (C=O) groups is 1. The number of piperazine rings is 1. The number of para-hydroxylation sites is 1. The molecule has 4 rings (SSSR count). The van der Waals surface area contributed by atoms with Gasteiger partial charge in [0, 0.05) is 32.4 Å². The summed E-state index contributed by atoms with van der Waals surface area (Å²) in [6.07, 6.45) is 1.58. The standard InChI is InChI=1S/C20H23N7O2/c1-2-29-20(28)16-8-9-18(21-14-16)26-12-10-25(11-13-26)15-19-22-23-24-27(19)17-6-4-3-5-7-17/h3-9,14H,2,10-13,15H2,1H3. The van der Waals surface area contributed by atoms with Crippen LogP contribution in [0, 0.1) is 0 Å². The van der Waals surface area contributed by atoms with Gasteiger partial charge in [-0.2, -0.15) is 4.68 Å². The van der Waals surface area contributed by atoms with Crippen molar-refractivity contribution in [2.24, 2.45) is 0 Å². The average Bonchev–Trinajstić information content (AvgIpc) is 3.23. The summed E-state index contributed by atoms with van der Waals surface area (Å²) in [6, 6.07) is 13.5. The normalized spacial score (nSPS) is 14.7. The molecule has 0 spiro atoms. The molecule has 0 amide bonds. The van der Waals surface area contributed by atoms with Crippen molar-refractivity contribution in [3.05, 3.63) is 60.0 Å². The number of rotatable bonds is 6. The van der Waals surface area contributed by atoms with Crippen LogP contribution in [0.3, 0.4) is 0 Å². The first-order chi connectivity index (χ1) is 14.2. The minimum atomic E-state index is -0.340. The number of ether oxygens (including phenoxy) is 1. The molecule has 1 saturated heterocycles. The zero-order valence-electron chi connectivity index (χ0n) is 16.3. The molecule has 1 fully saturated rings. The Bertz CT molecular complexity index is 935. The van der Waals surface area contributed by atoms with Gasteiger partial charge < -0.3 is 9.64 Å². The third-order valence-corrected chi connectivity index (χ3v) is 4.86. The second kappa shape index (κ2) is 8.78. The Kier molecular flexibility index (Phi) is 5.76. The molecule has 0 saturated carbocycles. The second-order valence-electron chi connectivity index (χ2n) is 6.73. The highest BCUT2D eigenvalue weighted by Crippen LogP contribution is 2.16. The molecule has 0 N–H and O–H groups in total. The van der Waals surface area contributed by atoms with Gasteiger partial charge in [0.15, 0.2) is 5.82 Å². The topological polar surface area (TPSA) is 89.3 Å². The number of hydrogen-bond donors (Lipinski definition) is 0. The van der Waals surface area contributed by atoms with Crippen molar-refractivity contribution < 1.29 is 9.53 Å². The average molecular weight is 393 g/mol. The summed E-state index contributed by atoms with van der Waals surface area (Å²) < 4.78 is 6.78. The summed E-state index contributed by atoms with van der Waals surface area (Å²) in [5.74, 6) is 1.35. The lowest BCUT2D eigenvalue weighted by atomic mass is 10.2.